The molecular formula is C21H27N2+. The minimum absolute atomic E-state index is 0.433. The van der Waals surface area contributed by atoms with Crippen molar-refractivity contribution in [2.24, 2.45) is 0 Å². The second-order valence-electron chi connectivity index (χ2n) is 6.89. The van der Waals surface area contributed by atoms with Crippen LogP contribution >= 0.6 is 0 Å². The van der Waals surface area contributed by atoms with E-state index in [9.17, 15) is 0 Å². The van der Waals surface area contributed by atoms with Crippen molar-refractivity contribution >= 4 is 11.4 Å². The predicted molar refractivity (Wildman–Crippen MR) is 99.1 cm³/mol. The fourth-order valence-electron chi connectivity index (χ4n) is 3.58. The van der Waals surface area contributed by atoms with E-state index in [2.05, 4.69) is 93.7 Å². The zero-order chi connectivity index (χ0) is 16.7. The number of aryl methyl sites for hydroxylation is 2. The van der Waals surface area contributed by atoms with Crippen molar-refractivity contribution in [2.75, 3.05) is 19.0 Å². The topological polar surface area (TPSA) is 6.25 Å². The van der Waals surface area contributed by atoms with Crippen LogP contribution in [0.4, 0.5) is 5.69 Å². The van der Waals surface area contributed by atoms with Gasteiger partial charge in [-0.05, 0) is 51.5 Å². The minimum atomic E-state index is 0.433. The molecule has 0 radical (unpaired) electrons. The van der Waals surface area contributed by atoms with Crippen molar-refractivity contribution in [1.82, 2.24) is 0 Å². The molecule has 0 N–H and O–H groups in total. The Balaban J connectivity index is 2.37. The second-order valence-corrected chi connectivity index (χ2v) is 6.89. The van der Waals surface area contributed by atoms with Crippen LogP contribution in [0.3, 0.4) is 0 Å². The molecule has 2 heteroatoms. The van der Waals surface area contributed by atoms with Crippen molar-refractivity contribution in [3.05, 3.63) is 64.7 Å². The third kappa shape index (κ3) is 2.56. The van der Waals surface area contributed by atoms with E-state index in [4.69, 9.17) is 0 Å². The molecule has 2 atom stereocenters. The molecule has 2 aromatic rings. The smallest absolute Gasteiger partial charge is 0.216 e. The van der Waals surface area contributed by atoms with E-state index in [1.807, 2.05) is 0 Å². The standard InChI is InChI=1S/C21H27N2/c1-14-11-12-20-19(13-14)21(18-10-8-7-9-15(18)2)23(6)17(4)16(3)22(20)5/h7-13,16-17H,1-6H3/q+1. The summed E-state index contributed by atoms with van der Waals surface area (Å²) in [6, 6.07) is 16.4. The SMILES string of the molecule is Cc1ccc2c(c1)C(c1ccccc1C)=[N+](C)C(C)C(C)N2C. The maximum absolute atomic E-state index is 2.45. The predicted octanol–water partition coefficient (Wildman–Crippen LogP) is 4.01. The van der Waals surface area contributed by atoms with Crippen molar-refractivity contribution in [3.63, 3.8) is 0 Å². The van der Waals surface area contributed by atoms with Crippen LogP contribution in [0.5, 0.6) is 0 Å². The molecule has 0 aliphatic carbocycles. The molecule has 0 saturated heterocycles. The second kappa shape index (κ2) is 5.84. The quantitative estimate of drug-likeness (QED) is 0.722. The first-order chi connectivity index (χ1) is 10.9. The van der Waals surface area contributed by atoms with E-state index in [0.717, 1.165) is 0 Å². The number of benzene rings is 2. The molecule has 1 aliphatic rings. The lowest BCUT2D eigenvalue weighted by atomic mass is 9.95. The summed E-state index contributed by atoms with van der Waals surface area (Å²) in [5.74, 6) is 0. The zero-order valence-corrected chi connectivity index (χ0v) is 15.1. The molecule has 0 amide bonds. The molecule has 1 heterocycles. The minimum Gasteiger partial charge on any atom is -0.365 e. The van der Waals surface area contributed by atoms with Gasteiger partial charge in [0.25, 0.3) is 0 Å². The van der Waals surface area contributed by atoms with Crippen LogP contribution in [0, 0.1) is 13.8 Å². The average Bonchev–Trinajstić information content (AvgIpc) is 2.60. The summed E-state index contributed by atoms with van der Waals surface area (Å²) < 4.78 is 2.45. The highest BCUT2D eigenvalue weighted by Gasteiger charge is 2.35. The van der Waals surface area contributed by atoms with Crippen molar-refractivity contribution in [3.8, 4) is 0 Å². The lowest BCUT2D eigenvalue weighted by Crippen LogP contribution is -2.42. The number of rotatable bonds is 1. The number of hydrogen-bond donors (Lipinski definition) is 0. The third-order valence-electron chi connectivity index (χ3n) is 5.46. The van der Waals surface area contributed by atoms with Gasteiger partial charge < -0.3 is 4.90 Å². The van der Waals surface area contributed by atoms with Crippen LogP contribution in [0.2, 0.25) is 0 Å². The highest BCUT2D eigenvalue weighted by molar-refractivity contribution is 6.14. The van der Waals surface area contributed by atoms with E-state index >= 15 is 0 Å². The molecule has 2 aromatic carbocycles. The van der Waals surface area contributed by atoms with Crippen LogP contribution in [-0.4, -0.2) is 36.5 Å². The van der Waals surface area contributed by atoms with Crippen molar-refractivity contribution in [2.45, 2.75) is 39.8 Å². The van der Waals surface area contributed by atoms with Gasteiger partial charge in [-0.2, -0.15) is 0 Å². The van der Waals surface area contributed by atoms with E-state index in [0.29, 0.717) is 12.1 Å². The maximum Gasteiger partial charge on any atom is 0.216 e. The van der Waals surface area contributed by atoms with Crippen LogP contribution in [0.15, 0.2) is 42.5 Å². The first-order valence-corrected chi connectivity index (χ1v) is 8.41. The molecule has 120 valence electrons. The van der Waals surface area contributed by atoms with Crippen LogP contribution < -0.4 is 4.90 Å². The van der Waals surface area contributed by atoms with E-state index in [-0.39, 0.29) is 0 Å². The first-order valence-electron chi connectivity index (χ1n) is 8.41. The molecule has 0 bridgehead atoms. The summed E-state index contributed by atoms with van der Waals surface area (Å²) in [5, 5.41) is 0. The normalized spacial score (nSPS) is 21.2. The molecule has 0 saturated carbocycles. The van der Waals surface area contributed by atoms with Gasteiger partial charge in [-0.1, -0.05) is 29.8 Å². The van der Waals surface area contributed by atoms with Gasteiger partial charge in [0, 0.05) is 12.6 Å². The highest BCUT2D eigenvalue weighted by Crippen LogP contribution is 2.30. The van der Waals surface area contributed by atoms with E-state index in [1.165, 1.54) is 33.7 Å². The fraction of sp³-hybridized carbons (Fsp3) is 0.381. The summed E-state index contributed by atoms with van der Waals surface area (Å²) in [6.07, 6.45) is 0. The number of anilines is 1. The zero-order valence-electron chi connectivity index (χ0n) is 15.1. The molecule has 2 nitrogen and oxygen atoms in total. The Morgan fingerprint density at radius 1 is 0.957 bits per heavy atom. The highest BCUT2D eigenvalue weighted by atomic mass is 15.2. The molecule has 0 spiro atoms. The number of hydrogen-bond acceptors (Lipinski definition) is 1. The van der Waals surface area contributed by atoms with E-state index < -0.39 is 0 Å². The van der Waals surface area contributed by atoms with Gasteiger partial charge in [0.2, 0.25) is 5.71 Å². The Hall–Kier alpha value is -2.09. The largest absolute Gasteiger partial charge is 0.365 e. The third-order valence-corrected chi connectivity index (χ3v) is 5.46. The van der Waals surface area contributed by atoms with Gasteiger partial charge in [-0.3, -0.25) is 0 Å². The molecule has 2 unspecified atom stereocenters. The Morgan fingerprint density at radius 3 is 2.35 bits per heavy atom. The van der Waals surface area contributed by atoms with Gasteiger partial charge in [-0.15, -0.1) is 0 Å². The Kier molecular flexibility index (Phi) is 4.01. The fourth-order valence-corrected chi connectivity index (χ4v) is 3.58. The maximum atomic E-state index is 2.45. The van der Waals surface area contributed by atoms with Gasteiger partial charge in [0.05, 0.1) is 17.3 Å². The number of nitrogens with zero attached hydrogens (tertiary/aromatic N) is 2. The summed E-state index contributed by atoms with van der Waals surface area (Å²) in [4.78, 5) is 2.42. The lowest BCUT2D eigenvalue weighted by Gasteiger charge is -2.27. The number of fused-ring (bicyclic) bond motifs is 1. The summed E-state index contributed by atoms with van der Waals surface area (Å²) in [7, 11) is 4.44. The monoisotopic (exact) mass is 307 g/mol. The van der Waals surface area contributed by atoms with Crippen molar-refractivity contribution < 1.29 is 4.58 Å². The van der Waals surface area contributed by atoms with Gasteiger partial charge >= 0.3 is 0 Å². The Morgan fingerprint density at radius 2 is 1.65 bits per heavy atom. The summed E-state index contributed by atoms with van der Waals surface area (Å²) in [5.41, 5.74) is 7.95. The molecule has 23 heavy (non-hydrogen) atoms. The Labute approximate surface area is 140 Å². The number of likely N-dealkylation sites (N-methyl/N-ethyl adjacent to an activating group) is 2. The molecular weight excluding hydrogens is 280 g/mol. The molecule has 0 fully saturated rings. The van der Waals surface area contributed by atoms with Crippen LogP contribution in [-0.2, 0) is 0 Å². The molecule has 0 aromatic heterocycles. The summed E-state index contributed by atoms with van der Waals surface area (Å²) >= 11 is 0. The lowest BCUT2D eigenvalue weighted by molar-refractivity contribution is -0.535. The molecule has 1 aliphatic heterocycles. The van der Waals surface area contributed by atoms with Crippen LogP contribution in [0.1, 0.15) is 36.1 Å². The number of benzodiazepines with no additional fused rings is 1. The van der Waals surface area contributed by atoms with Gasteiger partial charge in [0.1, 0.15) is 7.05 Å². The van der Waals surface area contributed by atoms with Crippen molar-refractivity contribution in [1.29, 1.82) is 0 Å². The first kappa shape index (κ1) is 15.8. The molecule has 3 rings (SSSR count). The van der Waals surface area contributed by atoms with E-state index in [1.54, 1.807) is 0 Å². The Bertz CT molecular complexity index is 773. The average molecular weight is 307 g/mol. The van der Waals surface area contributed by atoms with Gasteiger partial charge in [0.15, 0.2) is 6.04 Å². The van der Waals surface area contributed by atoms with Crippen LogP contribution in [0.25, 0.3) is 0 Å². The summed E-state index contributed by atoms with van der Waals surface area (Å²) in [6.45, 7) is 9.01. The van der Waals surface area contributed by atoms with Gasteiger partial charge in [-0.25, -0.2) is 4.58 Å².